The molecule has 0 saturated carbocycles. The summed E-state index contributed by atoms with van der Waals surface area (Å²) in [5, 5.41) is 15.9. The first-order valence-electron chi connectivity index (χ1n) is 12.3. The van der Waals surface area contributed by atoms with Gasteiger partial charge in [0, 0.05) is 26.2 Å². The van der Waals surface area contributed by atoms with Crippen molar-refractivity contribution in [1.29, 1.82) is 0 Å². The zero-order valence-electron chi connectivity index (χ0n) is 21.0. The number of amides is 1. The summed E-state index contributed by atoms with van der Waals surface area (Å²) in [6, 6.07) is 16.0. The predicted octanol–water partition coefficient (Wildman–Crippen LogP) is 2.94. The van der Waals surface area contributed by atoms with Crippen LogP contribution in [0.15, 0.2) is 66.4 Å². The molecular weight excluding hydrogens is 472 g/mol. The van der Waals surface area contributed by atoms with Crippen LogP contribution in [0.2, 0.25) is 0 Å². The lowest BCUT2D eigenvalue weighted by Crippen LogP contribution is -2.42. The number of likely N-dealkylation sites (tertiary alicyclic amines) is 1. The van der Waals surface area contributed by atoms with Crippen molar-refractivity contribution in [3.63, 3.8) is 0 Å². The van der Waals surface area contributed by atoms with E-state index in [1.54, 1.807) is 28.8 Å². The summed E-state index contributed by atoms with van der Waals surface area (Å²) in [6.07, 6.45) is 1.53. The van der Waals surface area contributed by atoms with Gasteiger partial charge in [0.05, 0.1) is 55.1 Å². The van der Waals surface area contributed by atoms with E-state index in [-0.39, 0.29) is 11.3 Å². The van der Waals surface area contributed by atoms with E-state index in [9.17, 15) is 14.7 Å². The quantitative estimate of drug-likeness (QED) is 0.301. The smallest absolute Gasteiger partial charge is 0.295 e. The molecule has 192 valence electrons. The highest BCUT2D eigenvalue weighted by Gasteiger charge is 2.46. The van der Waals surface area contributed by atoms with Crippen molar-refractivity contribution in [1.82, 2.24) is 19.6 Å². The van der Waals surface area contributed by atoms with Crippen LogP contribution in [-0.4, -0.2) is 82.9 Å². The lowest BCUT2D eigenvalue weighted by atomic mass is 9.95. The number of aliphatic hydroxyl groups excluding tert-OH is 1. The molecule has 0 radical (unpaired) electrons. The Balaban J connectivity index is 1.57. The van der Waals surface area contributed by atoms with Crippen LogP contribution in [0.1, 0.15) is 22.9 Å². The third kappa shape index (κ3) is 4.75. The van der Waals surface area contributed by atoms with Crippen LogP contribution < -0.4 is 4.74 Å². The molecule has 37 heavy (non-hydrogen) atoms. The lowest BCUT2D eigenvalue weighted by molar-refractivity contribution is -0.140. The second-order valence-electron chi connectivity index (χ2n) is 9.11. The Morgan fingerprint density at radius 3 is 2.57 bits per heavy atom. The number of carbonyl (C=O) groups is 2. The molecule has 9 heteroatoms. The molecule has 0 aliphatic carbocycles. The number of benzene rings is 2. The van der Waals surface area contributed by atoms with Crippen molar-refractivity contribution in [2.24, 2.45) is 0 Å². The number of nitrogens with zero attached hydrogens (tertiary/aromatic N) is 4. The molecule has 0 bridgehead atoms. The number of Topliss-reactive ketones (excluding diaryl/α,β-unsaturated/α-hetero) is 1. The molecule has 2 saturated heterocycles. The normalized spacial score (nSPS) is 19.9. The largest absolute Gasteiger partial charge is 0.507 e. The van der Waals surface area contributed by atoms with Crippen LogP contribution in [-0.2, 0) is 14.3 Å². The minimum absolute atomic E-state index is 0.0518. The fourth-order valence-electron chi connectivity index (χ4n) is 4.96. The van der Waals surface area contributed by atoms with Gasteiger partial charge in [-0.1, -0.05) is 30.3 Å². The van der Waals surface area contributed by atoms with Crippen LogP contribution in [0.4, 0.5) is 0 Å². The van der Waals surface area contributed by atoms with Gasteiger partial charge in [0.15, 0.2) is 0 Å². The summed E-state index contributed by atoms with van der Waals surface area (Å²) < 4.78 is 12.5. The van der Waals surface area contributed by atoms with Gasteiger partial charge in [0.25, 0.3) is 11.7 Å². The van der Waals surface area contributed by atoms with Crippen molar-refractivity contribution in [2.45, 2.75) is 13.0 Å². The van der Waals surface area contributed by atoms with Gasteiger partial charge in [-0.05, 0) is 36.8 Å². The van der Waals surface area contributed by atoms with Gasteiger partial charge < -0.3 is 19.5 Å². The second kappa shape index (κ2) is 10.6. The predicted molar refractivity (Wildman–Crippen MR) is 138 cm³/mol. The summed E-state index contributed by atoms with van der Waals surface area (Å²) in [5.74, 6) is -0.973. The highest BCUT2D eigenvalue weighted by Crippen LogP contribution is 2.40. The van der Waals surface area contributed by atoms with Crippen molar-refractivity contribution >= 4 is 17.4 Å². The third-order valence-electron chi connectivity index (χ3n) is 6.98. The average Bonchev–Trinajstić information content (AvgIpc) is 3.45. The van der Waals surface area contributed by atoms with E-state index in [0.717, 1.165) is 18.8 Å². The molecule has 2 fully saturated rings. The molecule has 3 heterocycles. The summed E-state index contributed by atoms with van der Waals surface area (Å²) >= 11 is 0. The summed E-state index contributed by atoms with van der Waals surface area (Å²) in [6.45, 7) is 5.58. The Labute approximate surface area is 215 Å². The molecule has 1 atom stereocenters. The molecule has 2 aliphatic rings. The van der Waals surface area contributed by atoms with Crippen LogP contribution in [0.5, 0.6) is 5.75 Å². The number of aromatic nitrogens is 2. The molecule has 1 aromatic heterocycles. The molecule has 2 aliphatic heterocycles. The first-order valence-corrected chi connectivity index (χ1v) is 12.3. The molecule has 1 amide bonds. The monoisotopic (exact) mass is 502 g/mol. The van der Waals surface area contributed by atoms with Crippen LogP contribution in [0.25, 0.3) is 11.4 Å². The zero-order chi connectivity index (χ0) is 25.9. The van der Waals surface area contributed by atoms with Gasteiger partial charge in [0.1, 0.15) is 11.5 Å². The van der Waals surface area contributed by atoms with Gasteiger partial charge in [0.2, 0.25) is 0 Å². The molecular formula is C28H30N4O5. The fraction of sp³-hybridized carbons (Fsp3) is 0.321. The number of carbonyl (C=O) groups excluding carboxylic acids is 2. The first-order chi connectivity index (χ1) is 18.0. The van der Waals surface area contributed by atoms with Gasteiger partial charge in [-0.3, -0.25) is 14.5 Å². The summed E-state index contributed by atoms with van der Waals surface area (Å²) in [7, 11) is 1.57. The number of para-hydroxylation sites is 1. The Morgan fingerprint density at radius 1 is 1.08 bits per heavy atom. The first kappa shape index (κ1) is 24.7. The van der Waals surface area contributed by atoms with E-state index < -0.39 is 17.7 Å². The maximum atomic E-state index is 13.4. The van der Waals surface area contributed by atoms with E-state index >= 15 is 0 Å². The second-order valence-corrected chi connectivity index (χ2v) is 9.11. The molecule has 0 unspecified atom stereocenters. The van der Waals surface area contributed by atoms with E-state index in [2.05, 4.69) is 10.00 Å². The molecule has 2 aromatic carbocycles. The Hall–Kier alpha value is -3.95. The highest BCUT2D eigenvalue weighted by molar-refractivity contribution is 6.46. The summed E-state index contributed by atoms with van der Waals surface area (Å²) in [5.41, 5.74) is 2.64. The molecule has 9 nitrogen and oxygen atoms in total. The van der Waals surface area contributed by atoms with E-state index in [4.69, 9.17) is 9.47 Å². The highest BCUT2D eigenvalue weighted by atomic mass is 16.5. The summed E-state index contributed by atoms with van der Waals surface area (Å²) in [4.78, 5) is 30.5. The lowest BCUT2D eigenvalue weighted by Gasteiger charge is -2.31. The maximum absolute atomic E-state index is 13.4. The minimum atomic E-state index is -0.754. The Morgan fingerprint density at radius 2 is 1.84 bits per heavy atom. The molecule has 0 spiro atoms. The number of hydrogen-bond acceptors (Lipinski definition) is 7. The standard InChI is InChI=1S/C28H30N4O5/c1-19-23(18-29-32(19)21-8-4-3-5-9-21)26(33)24-25(20-7-6-10-22(17-20)36-2)31(28(35)27(24)34)12-11-30-13-15-37-16-14-30/h3-10,17-18,25,33H,11-16H2,1-2H3/b26-24+/t25-/m0/s1. The van der Waals surface area contributed by atoms with Crippen molar-refractivity contribution < 1.29 is 24.2 Å². The van der Waals surface area contributed by atoms with E-state index in [0.29, 0.717) is 48.9 Å². The Bertz CT molecular complexity index is 1330. The average molecular weight is 503 g/mol. The van der Waals surface area contributed by atoms with Crippen molar-refractivity contribution in [3.8, 4) is 11.4 Å². The molecule has 5 rings (SSSR count). The zero-order valence-corrected chi connectivity index (χ0v) is 21.0. The fourth-order valence-corrected chi connectivity index (χ4v) is 4.96. The number of aliphatic hydroxyl groups is 1. The maximum Gasteiger partial charge on any atom is 0.295 e. The minimum Gasteiger partial charge on any atom is -0.507 e. The Kier molecular flexibility index (Phi) is 7.07. The van der Waals surface area contributed by atoms with Gasteiger partial charge in [-0.2, -0.15) is 5.10 Å². The topological polar surface area (TPSA) is 97.1 Å². The van der Waals surface area contributed by atoms with E-state index in [1.807, 2.05) is 49.4 Å². The number of rotatable bonds is 7. The number of ether oxygens (including phenoxy) is 2. The number of methoxy groups -OCH3 is 1. The van der Waals surface area contributed by atoms with Crippen LogP contribution in [0, 0.1) is 6.92 Å². The van der Waals surface area contributed by atoms with Crippen molar-refractivity contribution in [3.05, 3.63) is 83.2 Å². The number of hydrogen-bond donors (Lipinski definition) is 1. The SMILES string of the molecule is COc1cccc([C@H]2/C(=C(\O)c3cnn(-c4ccccc4)c3C)C(=O)C(=O)N2CCN2CCOCC2)c1. The van der Waals surface area contributed by atoms with Crippen LogP contribution in [0.3, 0.4) is 0 Å². The van der Waals surface area contributed by atoms with Crippen molar-refractivity contribution in [2.75, 3.05) is 46.5 Å². The number of morpholine rings is 1. The van der Waals surface area contributed by atoms with Crippen LogP contribution >= 0.6 is 0 Å². The molecule has 1 N–H and O–H groups in total. The molecule has 3 aromatic rings. The number of ketones is 1. The third-order valence-corrected chi connectivity index (χ3v) is 6.98. The van der Waals surface area contributed by atoms with Gasteiger partial charge in [-0.25, -0.2) is 4.68 Å². The van der Waals surface area contributed by atoms with Gasteiger partial charge in [-0.15, -0.1) is 0 Å². The van der Waals surface area contributed by atoms with E-state index in [1.165, 1.54) is 6.20 Å². The van der Waals surface area contributed by atoms with Gasteiger partial charge >= 0.3 is 0 Å².